The first-order valence-electron chi connectivity index (χ1n) is 10.6. The summed E-state index contributed by atoms with van der Waals surface area (Å²) < 4.78 is 5.08. The highest BCUT2D eigenvalue weighted by atomic mass is 16.5. The smallest absolute Gasteiger partial charge is 0.262 e. The van der Waals surface area contributed by atoms with Crippen molar-refractivity contribution in [2.75, 3.05) is 26.8 Å². The van der Waals surface area contributed by atoms with Gasteiger partial charge in [0, 0.05) is 27.0 Å². The minimum atomic E-state index is -0.198. The van der Waals surface area contributed by atoms with Gasteiger partial charge >= 0.3 is 0 Å². The zero-order valence-corrected chi connectivity index (χ0v) is 19.0. The van der Waals surface area contributed by atoms with Crippen LogP contribution < -0.4 is 0 Å². The van der Waals surface area contributed by atoms with E-state index in [0.717, 1.165) is 22.4 Å². The van der Waals surface area contributed by atoms with Crippen LogP contribution in [0.2, 0.25) is 0 Å². The van der Waals surface area contributed by atoms with Crippen molar-refractivity contribution < 1.29 is 14.3 Å². The lowest BCUT2D eigenvalue weighted by molar-refractivity contribution is -0.141. The summed E-state index contributed by atoms with van der Waals surface area (Å²) in [6.45, 7) is 8.39. The van der Waals surface area contributed by atoms with Gasteiger partial charge in [-0.15, -0.1) is 0 Å². The van der Waals surface area contributed by atoms with E-state index in [2.05, 4.69) is 32.0 Å². The molecule has 2 amide bonds. The normalized spacial score (nSPS) is 15.7. The first kappa shape index (κ1) is 22.7. The Kier molecular flexibility index (Phi) is 7.23. The number of ether oxygens (including phenoxy) is 1. The molecule has 0 spiro atoms. The number of hydrazone groups is 1. The van der Waals surface area contributed by atoms with E-state index >= 15 is 0 Å². The molecule has 2 aromatic rings. The molecular weight excluding hydrogens is 390 g/mol. The third-order valence-electron chi connectivity index (χ3n) is 5.80. The van der Waals surface area contributed by atoms with Gasteiger partial charge in [0.05, 0.1) is 18.4 Å². The summed E-state index contributed by atoms with van der Waals surface area (Å²) in [6.07, 6.45) is 0.634. The van der Waals surface area contributed by atoms with Crippen molar-refractivity contribution in [2.45, 2.75) is 40.2 Å². The van der Waals surface area contributed by atoms with E-state index in [-0.39, 0.29) is 24.4 Å². The fraction of sp³-hybridized carbons (Fsp3) is 0.400. The number of nitrogens with zero attached hydrogens (tertiary/aromatic N) is 3. The molecule has 0 aliphatic carbocycles. The molecule has 3 rings (SSSR count). The summed E-state index contributed by atoms with van der Waals surface area (Å²) in [4.78, 5) is 26.8. The maximum absolute atomic E-state index is 13.3. The first-order valence-corrected chi connectivity index (χ1v) is 10.6. The molecule has 1 heterocycles. The summed E-state index contributed by atoms with van der Waals surface area (Å²) in [6, 6.07) is 14.3. The van der Waals surface area contributed by atoms with Gasteiger partial charge in [-0.1, -0.05) is 42.0 Å². The Bertz CT molecular complexity index is 982. The standard InChI is InChI=1S/C25H31N3O3/c1-17-6-9-21(10-7-17)24-15-23(22-11-8-18(2)19(3)14-22)26-28(24)25(30)16-27(20(4)29)12-13-31-5/h6-11,14,24H,12-13,15-16H2,1-5H3. The van der Waals surface area contributed by atoms with Gasteiger partial charge in [0.1, 0.15) is 6.54 Å². The molecule has 0 aromatic heterocycles. The van der Waals surface area contributed by atoms with E-state index in [1.165, 1.54) is 23.0 Å². The number of hydrogen-bond acceptors (Lipinski definition) is 4. The zero-order valence-electron chi connectivity index (χ0n) is 19.0. The van der Waals surface area contributed by atoms with Crippen molar-refractivity contribution in [3.05, 3.63) is 70.3 Å². The van der Waals surface area contributed by atoms with Gasteiger partial charge in [-0.3, -0.25) is 9.59 Å². The van der Waals surface area contributed by atoms with Gasteiger partial charge in [-0.05, 0) is 49.1 Å². The number of hydrogen-bond donors (Lipinski definition) is 0. The average Bonchev–Trinajstić information content (AvgIpc) is 3.19. The number of amides is 2. The lowest BCUT2D eigenvalue weighted by Crippen LogP contribution is -2.41. The van der Waals surface area contributed by atoms with Crippen LogP contribution in [0.3, 0.4) is 0 Å². The van der Waals surface area contributed by atoms with Crippen LogP contribution in [0.25, 0.3) is 0 Å². The topological polar surface area (TPSA) is 62.2 Å². The second kappa shape index (κ2) is 9.88. The Morgan fingerprint density at radius 3 is 2.42 bits per heavy atom. The van der Waals surface area contributed by atoms with Crippen molar-refractivity contribution in [3.63, 3.8) is 0 Å². The second-order valence-corrected chi connectivity index (χ2v) is 8.15. The predicted molar refractivity (Wildman–Crippen MR) is 122 cm³/mol. The molecule has 1 atom stereocenters. The third-order valence-corrected chi connectivity index (χ3v) is 5.80. The number of carbonyl (C=O) groups excluding carboxylic acids is 2. The highest BCUT2D eigenvalue weighted by Crippen LogP contribution is 2.33. The van der Waals surface area contributed by atoms with Crippen LogP contribution in [0.1, 0.15) is 47.2 Å². The van der Waals surface area contributed by atoms with E-state index in [0.29, 0.717) is 19.6 Å². The molecule has 0 N–H and O–H groups in total. The summed E-state index contributed by atoms with van der Waals surface area (Å²) in [5.74, 6) is -0.356. The van der Waals surface area contributed by atoms with Crippen LogP contribution in [0, 0.1) is 20.8 Å². The fourth-order valence-electron chi connectivity index (χ4n) is 3.67. The molecule has 2 aromatic carbocycles. The minimum Gasteiger partial charge on any atom is -0.383 e. The van der Waals surface area contributed by atoms with Crippen LogP contribution in [0.15, 0.2) is 47.6 Å². The quantitative estimate of drug-likeness (QED) is 0.683. The van der Waals surface area contributed by atoms with Gasteiger partial charge in [-0.25, -0.2) is 5.01 Å². The molecule has 1 unspecified atom stereocenters. The second-order valence-electron chi connectivity index (χ2n) is 8.15. The lowest BCUT2D eigenvalue weighted by atomic mass is 9.96. The minimum absolute atomic E-state index is 0.0231. The van der Waals surface area contributed by atoms with Crippen LogP contribution in [0.5, 0.6) is 0 Å². The summed E-state index contributed by atoms with van der Waals surface area (Å²) in [5.41, 5.74) is 6.52. The number of benzene rings is 2. The van der Waals surface area contributed by atoms with E-state index in [1.54, 1.807) is 12.1 Å². The highest BCUT2D eigenvalue weighted by molar-refractivity contribution is 6.03. The molecule has 0 bridgehead atoms. The Hall–Kier alpha value is -2.99. The number of rotatable bonds is 7. The molecule has 1 aliphatic rings. The Labute approximate surface area is 184 Å². The molecule has 0 saturated heterocycles. The molecular formula is C25H31N3O3. The van der Waals surface area contributed by atoms with Gasteiger partial charge in [0.15, 0.2) is 0 Å². The van der Waals surface area contributed by atoms with Crippen LogP contribution in [0.4, 0.5) is 0 Å². The number of aryl methyl sites for hydroxylation is 3. The van der Waals surface area contributed by atoms with Crippen LogP contribution in [-0.2, 0) is 14.3 Å². The van der Waals surface area contributed by atoms with Gasteiger partial charge in [0.2, 0.25) is 5.91 Å². The zero-order chi connectivity index (χ0) is 22.5. The third kappa shape index (κ3) is 5.39. The summed E-state index contributed by atoms with van der Waals surface area (Å²) >= 11 is 0. The van der Waals surface area contributed by atoms with Crippen molar-refractivity contribution >= 4 is 17.5 Å². The molecule has 0 saturated carbocycles. The first-order chi connectivity index (χ1) is 14.8. The number of methoxy groups -OCH3 is 1. The maximum atomic E-state index is 13.3. The maximum Gasteiger partial charge on any atom is 0.262 e. The van der Waals surface area contributed by atoms with Gasteiger partial charge < -0.3 is 9.64 Å². The molecule has 6 heteroatoms. The Morgan fingerprint density at radius 1 is 1.10 bits per heavy atom. The Morgan fingerprint density at radius 2 is 1.81 bits per heavy atom. The number of carbonyl (C=O) groups is 2. The highest BCUT2D eigenvalue weighted by Gasteiger charge is 2.34. The van der Waals surface area contributed by atoms with Gasteiger partial charge in [0.25, 0.3) is 5.91 Å². The SMILES string of the molecule is COCCN(CC(=O)N1N=C(c2ccc(C)c(C)c2)CC1c1ccc(C)cc1)C(C)=O. The molecule has 6 nitrogen and oxygen atoms in total. The van der Waals surface area contributed by atoms with E-state index in [1.807, 2.05) is 31.2 Å². The largest absolute Gasteiger partial charge is 0.383 e. The summed E-state index contributed by atoms with van der Waals surface area (Å²) in [5, 5.41) is 6.29. The van der Waals surface area contributed by atoms with Gasteiger partial charge in [-0.2, -0.15) is 5.10 Å². The van der Waals surface area contributed by atoms with E-state index in [9.17, 15) is 9.59 Å². The average molecular weight is 422 g/mol. The monoisotopic (exact) mass is 421 g/mol. The molecule has 31 heavy (non-hydrogen) atoms. The van der Waals surface area contributed by atoms with Crippen molar-refractivity contribution in [1.82, 2.24) is 9.91 Å². The van der Waals surface area contributed by atoms with Crippen molar-refractivity contribution in [2.24, 2.45) is 5.10 Å². The van der Waals surface area contributed by atoms with E-state index in [4.69, 9.17) is 9.84 Å². The molecule has 0 radical (unpaired) electrons. The molecule has 0 fully saturated rings. The Balaban J connectivity index is 1.91. The van der Waals surface area contributed by atoms with E-state index < -0.39 is 0 Å². The van der Waals surface area contributed by atoms with Crippen LogP contribution >= 0.6 is 0 Å². The molecule has 1 aliphatic heterocycles. The van der Waals surface area contributed by atoms with Crippen molar-refractivity contribution in [3.8, 4) is 0 Å². The fourth-order valence-corrected chi connectivity index (χ4v) is 3.67. The predicted octanol–water partition coefficient (Wildman–Crippen LogP) is 3.78. The van der Waals surface area contributed by atoms with Crippen molar-refractivity contribution in [1.29, 1.82) is 0 Å². The molecule has 164 valence electrons. The lowest BCUT2D eigenvalue weighted by Gasteiger charge is -2.26. The van der Waals surface area contributed by atoms with Crippen LogP contribution in [-0.4, -0.2) is 54.2 Å². The summed E-state index contributed by atoms with van der Waals surface area (Å²) in [7, 11) is 1.58.